The van der Waals surface area contributed by atoms with Gasteiger partial charge in [0.05, 0.1) is 61.8 Å². The lowest BCUT2D eigenvalue weighted by atomic mass is 9.82. The molecule has 0 saturated carbocycles. The average Bonchev–Trinajstić information content (AvgIpc) is 3.60. The fraction of sp³-hybridized carbons (Fsp3) is 0.333. The van der Waals surface area contributed by atoms with E-state index in [9.17, 15) is 19.5 Å². The first-order valence-electron chi connectivity index (χ1n) is 18.3. The molecule has 54 heavy (non-hydrogen) atoms. The van der Waals surface area contributed by atoms with E-state index >= 15 is 4.11 Å². The van der Waals surface area contributed by atoms with Crippen molar-refractivity contribution in [3.05, 3.63) is 130 Å². The Balaban J connectivity index is 1.11. The minimum absolute atomic E-state index is 0.119. The van der Waals surface area contributed by atoms with Crippen LogP contribution in [0.15, 0.2) is 102 Å². The number of aliphatic hydroxyl groups is 1. The van der Waals surface area contributed by atoms with Gasteiger partial charge in [0.25, 0.3) is 11.5 Å². The number of hydrogen-bond donors (Lipinski definition) is 1. The zero-order chi connectivity index (χ0) is 37.9. The molecule has 1 fully saturated rings. The predicted molar refractivity (Wildman–Crippen MR) is 206 cm³/mol. The molecule has 1 N–H and O–H groups in total. The Bertz CT molecular complexity index is 2330. The number of carbonyl (C=O) groups is 2. The second kappa shape index (κ2) is 13.6. The number of fused-ring (bicyclic) bond motifs is 4. The Morgan fingerprint density at radius 1 is 1.02 bits per heavy atom. The molecule has 8 rings (SSSR count). The van der Waals surface area contributed by atoms with E-state index in [1.165, 1.54) is 4.68 Å². The first kappa shape index (κ1) is 35.8. The summed E-state index contributed by atoms with van der Waals surface area (Å²) in [7, 11) is -2.00. The summed E-state index contributed by atoms with van der Waals surface area (Å²) in [6.07, 6.45) is 1.19. The SMILES string of the molecule is COc1ccc2c(c1)[C@@]1(O[C@H](CC(=O)N3Cc4ccccc4C[C@H]3CO)[C@@H]([Si](C)(C)F)[C@@H]1C)C(=O)N2Cc1ccc(-n2ncc3ccccc3c2=O)cc1. The maximum absolute atomic E-state index is 16.6. The molecule has 5 aromatic rings. The second-order valence-corrected chi connectivity index (χ2v) is 19.0. The maximum atomic E-state index is 16.6. The van der Waals surface area contributed by atoms with E-state index in [2.05, 4.69) is 5.10 Å². The number of carbonyl (C=O) groups excluding carboxylic acids is 2. The number of aliphatic hydroxyl groups excluding tert-OH is 1. The van der Waals surface area contributed by atoms with Crippen LogP contribution in [-0.4, -0.2) is 65.9 Å². The molecular weight excluding hydrogens is 704 g/mol. The highest BCUT2D eigenvalue weighted by atomic mass is 28.4. The van der Waals surface area contributed by atoms with Crippen LogP contribution in [0.25, 0.3) is 16.5 Å². The van der Waals surface area contributed by atoms with Crippen LogP contribution in [0.5, 0.6) is 5.75 Å². The van der Waals surface area contributed by atoms with Crippen molar-refractivity contribution in [2.75, 3.05) is 18.6 Å². The Labute approximate surface area is 313 Å². The monoisotopic (exact) mass is 746 g/mol. The van der Waals surface area contributed by atoms with Crippen molar-refractivity contribution in [2.24, 2.45) is 5.92 Å². The molecule has 0 radical (unpaired) electrons. The van der Waals surface area contributed by atoms with E-state index in [-0.39, 0.29) is 36.9 Å². The van der Waals surface area contributed by atoms with Crippen molar-refractivity contribution in [3.8, 4) is 11.4 Å². The molecule has 5 atom stereocenters. The Hall–Kier alpha value is -5.17. The maximum Gasteiger partial charge on any atom is 0.279 e. The fourth-order valence-electron chi connectivity index (χ4n) is 9.04. The van der Waals surface area contributed by atoms with Crippen molar-refractivity contribution in [3.63, 3.8) is 0 Å². The van der Waals surface area contributed by atoms with Crippen LogP contribution in [0.2, 0.25) is 18.6 Å². The zero-order valence-electron chi connectivity index (χ0n) is 30.7. The van der Waals surface area contributed by atoms with Gasteiger partial charge in [0, 0.05) is 29.0 Å². The van der Waals surface area contributed by atoms with Crippen LogP contribution in [0.3, 0.4) is 0 Å². The van der Waals surface area contributed by atoms with E-state index in [0.29, 0.717) is 41.0 Å². The molecule has 12 heteroatoms. The summed E-state index contributed by atoms with van der Waals surface area (Å²) in [4.78, 5) is 45.7. The quantitative estimate of drug-likeness (QED) is 0.152. The van der Waals surface area contributed by atoms with Gasteiger partial charge in [0.15, 0.2) is 5.60 Å². The molecular formula is C42H43FN4O6Si. The Morgan fingerprint density at radius 3 is 2.46 bits per heavy atom. The van der Waals surface area contributed by atoms with Crippen LogP contribution in [-0.2, 0) is 39.4 Å². The van der Waals surface area contributed by atoms with Crippen molar-refractivity contribution < 1.29 is 28.3 Å². The van der Waals surface area contributed by atoms with E-state index in [1.807, 2.05) is 67.6 Å². The summed E-state index contributed by atoms with van der Waals surface area (Å²) >= 11 is 0. The minimum Gasteiger partial charge on any atom is -0.497 e. The summed E-state index contributed by atoms with van der Waals surface area (Å²) < 4.78 is 30.4. The lowest BCUT2D eigenvalue weighted by Gasteiger charge is -2.37. The molecule has 4 aromatic carbocycles. The van der Waals surface area contributed by atoms with E-state index in [4.69, 9.17) is 9.47 Å². The Kier molecular flexibility index (Phi) is 9.02. The van der Waals surface area contributed by atoms with Gasteiger partial charge in [0.2, 0.25) is 14.3 Å². The van der Waals surface area contributed by atoms with Crippen molar-refractivity contribution >= 4 is 36.7 Å². The van der Waals surface area contributed by atoms with Crippen LogP contribution in [0.1, 0.15) is 35.6 Å². The second-order valence-electron chi connectivity index (χ2n) is 15.2. The summed E-state index contributed by atoms with van der Waals surface area (Å²) in [5.74, 6) is -0.640. The third-order valence-corrected chi connectivity index (χ3v) is 14.1. The number of amides is 2. The lowest BCUT2D eigenvalue weighted by Crippen LogP contribution is -2.48. The highest BCUT2D eigenvalue weighted by Crippen LogP contribution is 2.60. The molecule has 278 valence electrons. The Morgan fingerprint density at radius 2 is 1.74 bits per heavy atom. The number of halogens is 1. The van der Waals surface area contributed by atoms with E-state index in [0.717, 1.165) is 22.1 Å². The number of methoxy groups -OCH3 is 1. The molecule has 0 bridgehead atoms. The minimum atomic E-state index is -3.55. The molecule has 1 aromatic heterocycles. The molecule has 0 aliphatic carbocycles. The first-order chi connectivity index (χ1) is 25.9. The average molecular weight is 747 g/mol. The molecule has 4 heterocycles. The number of nitrogens with zero attached hydrogens (tertiary/aromatic N) is 4. The fourth-order valence-corrected chi connectivity index (χ4v) is 11.5. The lowest BCUT2D eigenvalue weighted by molar-refractivity contribution is -0.151. The summed E-state index contributed by atoms with van der Waals surface area (Å²) in [6, 6.07) is 27.5. The third kappa shape index (κ3) is 5.83. The van der Waals surface area contributed by atoms with E-state index in [1.54, 1.807) is 66.5 Å². The summed E-state index contributed by atoms with van der Waals surface area (Å²) in [5, 5.41) is 16.0. The number of aromatic nitrogens is 2. The molecule has 2 amide bonds. The molecule has 1 spiro atoms. The van der Waals surface area contributed by atoms with Gasteiger partial charge < -0.3 is 28.5 Å². The molecule has 1 saturated heterocycles. The van der Waals surface area contributed by atoms with Gasteiger partial charge in [-0.3, -0.25) is 14.4 Å². The molecule has 0 unspecified atom stereocenters. The first-order valence-corrected chi connectivity index (χ1v) is 21.3. The van der Waals surface area contributed by atoms with Gasteiger partial charge in [-0.15, -0.1) is 0 Å². The number of benzene rings is 4. The number of hydrogen-bond acceptors (Lipinski definition) is 7. The number of rotatable bonds is 8. The van der Waals surface area contributed by atoms with Crippen molar-refractivity contribution in [2.45, 2.75) is 69.2 Å². The zero-order valence-corrected chi connectivity index (χ0v) is 31.7. The molecule has 3 aliphatic heterocycles. The number of ether oxygens (including phenoxy) is 2. The van der Waals surface area contributed by atoms with Crippen LogP contribution in [0.4, 0.5) is 9.80 Å². The normalized spacial score (nSPS) is 23.6. The molecule has 10 nitrogen and oxygen atoms in total. The van der Waals surface area contributed by atoms with Crippen LogP contribution < -0.4 is 15.2 Å². The largest absolute Gasteiger partial charge is 0.497 e. The highest BCUT2D eigenvalue weighted by Gasteiger charge is 2.67. The van der Waals surface area contributed by atoms with Gasteiger partial charge in [-0.1, -0.05) is 61.5 Å². The van der Waals surface area contributed by atoms with Gasteiger partial charge in [-0.2, -0.15) is 9.78 Å². The van der Waals surface area contributed by atoms with E-state index < -0.39 is 37.6 Å². The molecule has 3 aliphatic rings. The topological polar surface area (TPSA) is 114 Å². The summed E-state index contributed by atoms with van der Waals surface area (Å²) in [6.45, 7) is 5.42. The third-order valence-electron chi connectivity index (χ3n) is 11.6. The van der Waals surface area contributed by atoms with Crippen LogP contribution >= 0.6 is 0 Å². The van der Waals surface area contributed by atoms with Crippen molar-refractivity contribution in [1.82, 2.24) is 14.7 Å². The van der Waals surface area contributed by atoms with Crippen LogP contribution in [0, 0.1) is 5.92 Å². The van der Waals surface area contributed by atoms with Gasteiger partial charge in [-0.25, -0.2) is 0 Å². The smallest absolute Gasteiger partial charge is 0.279 e. The van der Waals surface area contributed by atoms with Gasteiger partial charge in [-0.05, 0) is 72.6 Å². The highest BCUT2D eigenvalue weighted by molar-refractivity contribution is 6.72. The van der Waals surface area contributed by atoms with Gasteiger partial charge >= 0.3 is 0 Å². The predicted octanol–water partition coefficient (Wildman–Crippen LogP) is 6.05. The number of anilines is 1. The van der Waals surface area contributed by atoms with Gasteiger partial charge in [0.1, 0.15) is 5.75 Å². The summed E-state index contributed by atoms with van der Waals surface area (Å²) in [5.41, 5.74) is 2.24. The van der Waals surface area contributed by atoms with Crippen molar-refractivity contribution in [1.29, 1.82) is 0 Å². The standard InChI is InChI=1S/C42H43FN4O6Si/c1-26-39(54(3,4)43)37(21-38(49)45-24-30-11-6-5-9-28(30)19-32(45)25-48)53-42(26)35-20-33(52-2)17-18-36(35)46(41(42)51)23-27-13-15-31(16-14-27)47-40(50)34-12-8-7-10-29(34)22-44-47/h5-18,20,22,26,32,37,39,48H,19,21,23-25H2,1-4H3/t26-,32-,37+,39-,42+/m0/s1.